The lowest BCUT2D eigenvalue weighted by Crippen LogP contribution is -2.14. The number of aryl methyl sites for hydroxylation is 1. The quantitative estimate of drug-likeness (QED) is 0.747. The molecule has 140 valence electrons. The number of anilines is 1. The Hall–Kier alpha value is -2.68. The van der Waals surface area contributed by atoms with Gasteiger partial charge in [-0.3, -0.25) is 4.79 Å². The van der Waals surface area contributed by atoms with E-state index in [4.69, 9.17) is 4.74 Å². The van der Waals surface area contributed by atoms with Gasteiger partial charge in [-0.05, 0) is 37.1 Å². The van der Waals surface area contributed by atoms with Gasteiger partial charge in [-0.2, -0.15) is 8.78 Å². The summed E-state index contributed by atoms with van der Waals surface area (Å²) in [5, 5.41) is 12.2. The summed E-state index contributed by atoms with van der Waals surface area (Å²) < 4.78 is 34.3. The summed E-state index contributed by atoms with van der Waals surface area (Å²) >= 11 is 1.15. The van der Waals surface area contributed by atoms with E-state index < -0.39 is 18.5 Å². The second-order valence-corrected chi connectivity index (χ2v) is 6.42. The maximum Gasteiger partial charge on any atom is 0.387 e. The second-order valence-electron chi connectivity index (χ2n) is 5.20. The molecular formula is C17H17F2NO5S. The molecule has 0 aliphatic carbocycles. The fourth-order valence-corrected chi connectivity index (χ4v) is 3.63. The molecule has 1 aromatic heterocycles. The van der Waals surface area contributed by atoms with Crippen molar-refractivity contribution in [3.8, 4) is 11.5 Å². The van der Waals surface area contributed by atoms with Crippen LogP contribution in [0.1, 0.15) is 38.1 Å². The van der Waals surface area contributed by atoms with Crippen molar-refractivity contribution in [2.75, 3.05) is 12.4 Å². The minimum absolute atomic E-state index is 0.0295. The van der Waals surface area contributed by atoms with Crippen LogP contribution in [0.5, 0.6) is 11.5 Å². The molecule has 0 aliphatic rings. The van der Waals surface area contributed by atoms with Crippen LogP contribution in [0.25, 0.3) is 0 Å². The third-order valence-corrected chi connectivity index (χ3v) is 4.71. The summed E-state index contributed by atoms with van der Waals surface area (Å²) in [5.41, 5.74) is 0.719. The van der Waals surface area contributed by atoms with Gasteiger partial charge >= 0.3 is 12.6 Å². The van der Waals surface area contributed by atoms with Crippen LogP contribution in [0.3, 0.4) is 0 Å². The summed E-state index contributed by atoms with van der Waals surface area (Å²) in [4.78, 5) is 24.8. The van der Waals surface area contributed by atoms with E-state index in [1.807, 2.05) is 6.92 Å². The van der Waals surface area contributed by atoms with Gasteiger partial charge in [0.1, 0.15) is 5.00 Å². The molecule has 0 unspecified atom stereocenters. The average molecular weight is 385 g/mol. The highest BCUT2D eigenvalue weighted by Crippen LogP contribution is 2.34. The van der Waals surface area contributed by atoms with E-state index in [9.17, 15) is 23.5 Å². The Kier molecular flexibility index (Phi) is 6.14. The first-order valence-corrected chi connectivity index (χ1v) is 8.39. The van der Waals surface area contributed by atoms with E-state index in [1.165, 1.54) is 19.2 Å². The Balaban J connectivity index is 2.35. The van der Waals surface area contributed by atoms with Crippen molar-refractivity contribution >= 4 is 28.2 Å². The molecule has 0 saturated carbocycles. The highest BCUT2D eigenvalue weighted by molar-refractivity contribution is 7.16. The Labute approximate surface area is 152 Å². The van der Waals surface area contributed by atoms with Crippen LogP contribution in [0.2, 0.25) is 0 Å². The number of ether oxygens (including phenoxy) is 2. The largest absolute Gasteiger partial charge is 0.493 e. The number of amides is 1. The van der Waals surface area contributed by atoms with Crippen LogP contribution in [0.15, 0.2) is 18.2 Å². The van der Waals surface area contributed by atoms with Gasteiger partial charge in [0, 0.05) is 10.4 Å². The van der Waals surface area contributed by atoms with Crippen LogP contribution < -0.4 is 14.8 Å². The molecule has 0 aliphatic heterocycles. The summed E-state index contributed by atoms with van der Waals surface area (Å²) in [7, 11) is 1.28. The molecule has 2 N–H and O–H groups in total. The number of carboxylic acid groups (broad SMARTS) is 1. The minimum atomic E-state index is -3.08. The Morgan fingerprint density at radius 3 is 2.54 bits per heavy atom. The lowest BCUT2D eigenvalue weighted by atomic mass is 10.1. The van der Waals surface area contributed by atoms with E-state index in [-0.39, 0.29) is 27.6 Å². The standard InChI is InChI=1S/C17H17F2NO5S/c1-4-10-8(2)26-15(13(10)16(22)23)20-14(21)9-5-6-11(24-3)12(7-9)25-17(18)19/h5-7,17H,4H2,1-3H3,(H,20,21)(H,22,23). The van der Waals surface area contributed by atoms with Crippen LogP contribution in [0.4, 0.5) is 13.8 Å². The number of halogens is 2. The molecule has 1 aromatic carbocycles. The number of rotatable bonds is 7. The van der Waals surface area contributed by atoms with Gasteiger partial charge in [-0.25, -0.2) is 4.79 Å². The van der Waals surface area contributed by atoms with E-state index >= 15 is 0 Å². The number of carbonyl (C=O) groups excluding carboxylic acids is 1. The van der Waals surface area contributed by atoms with Crippen molar-refractivity contribution in [1.29, 1.82) is 0 Å². The fourth-order valence-electron chi connectivity index (χ4n) is 2.50. The third-order valence-electron chi connectivity index (χ3n) is 3.65. The molecule has 1 heterocycles. The number of thiophene rings is 1. The van der Waals surface area contributed by atoms with Gasteiger partial charge in [0.2, 0.25) is 0 Å². The Morgan fingerprint density at radius 2 is 2.00 bits per heavy atom. The number of nitrogens with one attached hydrogen (secondary N) is 1. The number of methoxy groups -OCH3 is 1. The van der Waals surface area contributed by atoms with Crippen molar-refractivity contribution in [2.45, 2.75) is 26.9 Å². The summed E-state index contributed by atoms with van der Waals surface area (Å²) in [5.74, 6) is -2.02. The highest BCUT2D eigenvalue weighted by atomic mass is 32.1. The Morgan fingerprint density at radius 1 is 1.31 bits per heavy atom. The van der Waals surface area contributed by atoms with Crippen LogP contribution >= 0.6 is 11.3 Å². The van der Waals surface area contributed by atoms with E-state index in [0.717, 1.165) is 22.3 Å². The predicted molar refractivity (Wildman–Crippen MR) is 93.0 cm³/mol. The molecule has 1 amide bonds. The topological polar surface area (TPSA) is 84.9 Å². The SMILES string of the molecule is CCc1c(C)sc(NC(=O)c2ccc(OC)c(OC(F)F)c2)c1C(=O)O. The van der Waals surface area contributed by atoms with Crippen LogP contribution in [-0.4, -0.2) is 30.7 Å². The molecule has 9 heteroatoms. The number of aromatic carboxylic acids is 1. The second kappa shape index (κ2) is 8.13. The molecule has 6 nitrogen and oxygen atoms in total. The van der Waals surface area contributed by atoms with E-state index in [2.05, 4.69) is 10.1 Å². The Bertz CT molecular complexity index is 835. The maximum atomic E-state index is 12.5. The van der Waals surface area contributed by atoms with Gasteiger partial charge in [-0.1, -0.05) is 6.92 Å². The lowest BCUT2D eigenvalue weighted by Gasteiger charge is -2.11. The molecule has 2 aromatic rings. The molecule has 0 spiro atoms. The van der Waals surface area contributed by atoms with Gasteiger partial charge in [0.05, 0.1) is 12.7 Å². The fraction of sp³-hybridized carbons (Fsp3) is 0.294. The molecule has 0 radical (unpaired) electrons. The van der Waals surface area contributed by atoms with Crippen molar-refractivity contribution < 1.29 is 33.0 Å². The van der Waals surface area contributed by atoms with Crippen LogP contribution in [0, 0.1) is 6.92 Å². The number of hydrogen-bond acceptors (Lipinski definition) is 5. The summed E-state index contributed by atoms with van der Waals surface area (Å²) in [6, 6.07) is 3.80. The van der Waals surface area contributed by atoms with Crippen LogP contribution in [-0.2, 0) is 6.42 Å². The third kappa shape index (κ3) is 4.10. The van der Waals surface area contributed by atoms with Crippen molar-refractivity contribution in [3.05, 3.63) is 39.8 Å². The zero-order valence-corrected chi connectivity index (χ0v) is 15.1. The number of carboxylic acids is 1. The molecule has 0 bridgehead atoms. The minimum Gasteiger partial charge on any atom is -0.493 e. The molecule has 0 saturated heterocycles. The first-order chi connectivity index (χ1) is 12.3. The van der Waals surface area contributed by atoms with Gasteiger partial charge in [-0.15, -0.1) is 11.3 Å². The molecular weight excluding hydrogens is 368 g/mol. The number of hydrogen-bond donors (Lipinski definition) is 2. The number of carbonyl (C=O) groups is 2. The molecule has 2 rings (SSSR count). The summed E-state index contributed by atoms with van der Waals surface area (Å²) in [6.45, 7) is 0.519. The first kappa shape index (κ1) is 19.6. The zero-order valence-electron chi connectivity index (χ0n) is 14.3. The first-order valence-electron chi connectivity index (χ1n) is 7.58. The average Bonchev–Trinajstić information content (AvgIpc) is 2.89. The highest BCUT2D eigenvalue weighted by Gasteiger charge is 2.23. The normalized spacial score (nSPS) is 10.7. The van der Waals surface area contributed by atoms with E-state index in [1.54, 1.807) is 6.92 Å². The van der Waals surface area contributed by atoms with Crippen molar-refractivity contribution in [2.24, 2.45) is 0 Å². The van der Waals surface area contributed by atoms with Crippen molar-refractivity contribution in [1.82, 2.24) is 0 Å². The van der Waals surface area contributed by atoms with Gasteiger partial charge in [0.15, 0.2) is 11.5 Å². The lowest BCUT2D eigenvalue weighted by molar-refractivity contribution is -0.0512. The van der Waals surface area contributed by atoms with Gasteiger partial charge < -0.3 is 19.9 Å². The smallest absolute Gasteiger partial charge is 0.387 e. The molecule has 0 atom stereocenters. The molecule has 26 heavy (non-hydrogen) atoms. The predicted octanol–water partition coefficient (Wildman–Crippen LogP) is 4.18. The number of benzene rings is 1. The maximum absolute atomic E-state index is 12.5. The van der Waals surface area contributed by atoms with Crippen molar-refractivity contribution in [3.63, 3.8) is 0 Å². The number of alkyl halides is 2. The van der Waals surface area contributed by atoms with E-state index in [0.29, 0.717) is 12.0 Å². The summed E-state index contributed by atoms with van der Waals surface area (Å²) in [6.07, 6.45) is 0.509. The monoisotopic (exact) mass is 385 g/mol. The van der Waals surface area contributed by atoms with Gasteiger partial charge in [0.25, 0.3) is 5.91 Å². The molecule has 0 fully saturated rings. The zero-order chi connectivity index (χ0) is 19.4.